The van der Waals surface area contributed by atoms with E-state index in [0.29, 0.717) is 12.8 Å². The quantitative estimate of drug-likeness (QED) is 0.906. The summed E-state index contributed by atoms with van der Waals surface area (Å²) < 4.78 is 0. The fourth-order valence-corrected chi connectivity index (χ4v) is 3.24. The number of aliphatic hydroxyl groups is 1. The minimum absolute atomic E-state index is 0.237. The molecule has 0 heterocycles. The van der Waals surface area contributed by atoms with Gasteiger partial charge in [-0.3, -0.25) is 4.79 Å². The first-order valence-electron chi connectivity index (χ1n) is 7.14. The first-order chi connectivity index (χ1) is 10.1. The molecular weight excluding hydrogens is 264 g/mol. The zero-order chi connectivity index (χ0) is 14.9. The van der Waals surface area contributed by atoms with Gasteiger partial charge in [-0.05, 0) is 36.0 Å². The molecule has 3 rings (SSSR count). The number of aliphatic carboxylic acids is 1. The van der Waals surface area contributed by atoms with Crippen LogP contribution in [0.15, 0.2) is 54.6 Å². The van der Waals surface area contributed by atoms with Crippen molar-refractivity contribution in [3.63, 3.8) is 0 Å². The van der Waals surface area contributed by atoms with Crippen molar-refractivity contribution in [2.24, 2.45) is 5.41 Å². The third-order valence-electron chi connectivity index (χ3n) is 4.40. The second kappa shape index (κ2) is 5.34. The molecule has 21 heavy (non-hydrogen) atoms. The second-order valence-electron chi connectivity index (χ2n) is 5.84. The Hall–Kier alpha value is -2.13. The van der Waals surface area contributed by atoms with Gasteiger partial charge in [0.2, 0.25) is 0 Å². The number of carboxylic acids is 1. The lowest BCUT2D eigenvalue weighted by atomic mass is 9.78. The van der Waals surface area contributed by atoms with Gasteiger partial charge in [-0.1, -0.05) is 54.6 Å². The number of carbonyl (C=O) groups is 1. The summed E-state index contributed by atoms with van der Waals surface area (Å²) in [6.07, 6.45) is 0.461. The SMILES string of the molecule is O=C(O)C1(CC(O)c2ccccc2)Cc2ccccc2C1. The maximum absolute atomic E-state index is 11.8. The number of aliphatic hydroxyl groups excluding tert-OH is 1. The molecule has 2 aromatic carbocycles. The maximum atomic E-state index is 11.8. The molecular formula is C18H18O3. The van der Waals surface area contributed by atoms with E-state index in [1.54, 1.807) is 0 Å². The van der Waals surface area contributed by atoms with E-state index in [2.05, 4.69) is 0 Å². The zero-order valence-electron chi connectivity index (χ0n) is 11.7. The first kappa shape index (κ1) is 13.8. The Morgan fingerprint density at radius 3 is 2.05 bits per heavy atom. The summed E-state index contributed by atoms with van der Waals surface area (Å²) in [5, 5.41) is 20.1. The van der Waals surface area contributed by atoms with Crippen molar-refractivity contribution < 1.29 is 15.0 Å². The van der Waals surface area contributed by atoms with Gasteiger partial charge < -0.3 is 10.2 Å². The van der Waals surface area contributed by atoms with E-state index < -0.39 is 17.5 Å². The normalized spacial score (nSPS) is 17.2. The summed E-state index contributed by atoms with van der Waals surface area (Å²) in [5.41, 5.74) is 2.04. The molecule has 0 saturated carbocycles. The van der Waals surface area contributed by atoms with Crippen LogP contribution in [-0.4, -0.2) is 16.2 Å². The number of carboxylic acid groups (broad SMARTS) is 1. The van der Waals surface area contributed by atoms with Gasteiger partial charge in [-0.2, -0.15) is 0 Å². The summed E-state index contributed by atoms with van der Waals surface area (Å²) >= 11 is 0. The van der Waals surface area contributed by atoms with Crippen molar-refractivity contribution in [2.45, 2.75) is 25.4 Å². The monoisotopic (exact) mass is 282 g/mol. The highest BCUT2D eigenvalue weighted by Crippen LogP contribution is 2.43. The minimum Gasteiger partial charge on any atom is -0.481 e. The molecule has 2 aromatic rings. The van der Waals surface area contributed by atoms with Crippen molar-refractivity contribution in [2.75, 3.05) is 0 Å². The Bertz CT molecular complexity index is 624. The third-order valence-corrected chi connectivity index (χ3v) is 4.40. The summed E-state index contributed by atoms with van der Waals surface area (Å²) in [7, 11) is 0. The van der Waals surface area contributed by atoms with Crippen LogP contribution in [0.2, 0.25) is 0 Å². The van der Waals surface area contributed by atoms with Gasteiger partial charge in [0.1, 0.15) is 0 Å². The van der Waals surface area contributed by atoms with E-state index in [-0.39, 0.29) is 6.42 Å². The molecule has 0 aliphatic heterocycles. The lowest BCUT2D eigenvalue weighted by Gasteiger charge is -2.27. The van der Waals surface area contributed by atoms with Gasteiger partial charge in [0.15, 0.2) is 0 Å². The highest BCUT2D eigenvalue weighted by Gasteiger charge is 2.45. The van der Waals surface area contributed by atoms with Crippen LogP contribution < -0.4 is 0 Å². The average molecular weight is 282 g/mol. The smallest absolute Gasteiger partial charge is 0.310 e. The Morgan fingerprint density at radius 1 is 1.00 bits per heavy atom. The highest BCUT2D eigenvalue weighted by atomic mass is 16.4. The lowest BCUT2D eigenvalue weighted by Crippen LogP contribution is -2.33. The molecule has 0 saturated heterocycles. The molecule has 0 spiro atoms. The van der Waals surface area contributed by atoms with Crippen LogP contribution in [0.1, 0.15) is 29.2 Å². The first-order valence-corrected chi connectivity index (χ1v) is 7.14. The standard InChI is InChI=1S/C18H18O3/c19-16(13-6-2-1-3-7-13)12-18(17(20)21)10-14-8-4-5-9-15(14)11-18/h1-9,16,19H,10-12H2,(H,20,21). The predicted octanol–water partition coefficient (Wildman–Crippen LogP) is 2.98. The van der Waals surface area contributed by atoms with E-state index in [4.69, 9.17) is 0 Å². The number of fused-ring (bicyclic) bond motifs is 1. The Labute approximate surface area is 123 Å². The molecule has 2 N–H and O–H groups in total. The van der Waals surface area contributed by atoms with Crippen LogP contribution in [0.3, 0.4) is 0 Å². The second-order valence-corrected chi connectivity index (χ2v) is 5.84. The topological polar surface area (TPSA) is 57.5 Å². The fraction of sp³-hybridized carbons (Fsp3) is 0.278. The molecule has 0 aromatic heterocycles. The Kier molecular flexibility index (Phi) is 3.52. The molecule has 3 nitrogen and oxygen atoms in total. The molecule has 1 unspecified atom stereocenters. The summed E-state index contributed by atoms with van der Waals surface area (Å²) in [5.74, 6) is -0.825. The van der Waals surface area contributed by atoms with Gasteiger partial charge in [-0.25, -0.2) is 0 Å². The van der Waals surface area contributed by atoms with E-state index in [9.17, 15) is 15.0 Å². The van der Waals surface area contributed by atoms with E-state index >= 15 is 0 Å². The van der Waals surface area contributed by atoms with Crippen molar-refractivity contribution in [1.29, 1.82) is 0 Å². The molecule has 1 aliphatic rings. The van der Waals surface area contributed by atoms with Crippen molar-refractivity contribution in [1.82, 2.24) is 0 Å². The van der Waals surface area contributed by atoms with Crippen molar-refractivity contribution in [3.05, 3.63) is 71.3 Å². The van der Waals surface area contributed by atoms with Gasteiger partial charge in [0.05, 0.1) is 11.5 Å². The van der Waals surface area contributed by atoms with Crippen molar-refractivity contribution >= 4 is 5.97 Å². The summed E-state index contributed by atoms with van der Waals surface area (Å²) in [4.78, 5) is 11.8. The molecule has 1 aliphatic carbocycles. The van der Waals surface area contributed by atoms with Gasteiger partial charge in [0, 0.05) is 0 Å². The number of rotatable bonds is 4. The average Bonchev–Trinajstić information content (AvgIpc) is 2.87. The lowest BCUT2D eigenvalue weighted by molar-refractivity contribution is -0.150. The minimum atomic E-state index is -0.904. The number of hydrogen-bond acceptors (Lipinski definition) is 2. The van der Waals surface area contributed by atoms with E-state index in [1.165, 1.54) is 0 Å². The molecule has 0 bridgehead atoms. The molecule has 0 radical (unpaired) electrons. The maximum Gasteiger partial charge on any atom is 0.310 e. The summed E-state index contributed by atoms with van der Waals surface area (Å²) in [6, 6.07) is 17.1. The van der Waals surface area contributed by atoms with Gasteiger partial charge in [0.25, 0.3) is 0 Å². The van der Waals surface area contributed by atoms with Gasteiger partial charge in [-0.15, -0.1) is 0 Å². The van der Waals surface area contributed by atoms with Crippen molar-refractivity contribution in [3.8, 4) is 0 Å². The van der Waals surface area contributed by atoms with Crippen LogP contribution in [0.25, 0.3) is 0 Å². The fourth-order valence-electron chi connectivity index (χ4n) is 3.24. The van der Waals surface area contributed by atoms with Crippen LogP contribution in [0, 0.1) is 5.41 Å². The molecule has 1 atom stereocenters. The zero-order valence-corrected chi connectivity index (χ0v) is 11.7. The summed E-state index contributed by atoms with van der Waals surface area (Å²) in [6.45, 7) is 0. The third kappa shape index (κ3) is 2.57. The number of benzene rings is 2. The van der Waals surface area contributed by atoms with Crippen LogP contribution in [0.5, 0.6) is 0 Å². The Balaban J connectivity index is 1.86. The van der Waals surface area contributed by atoms with Crippen LogP contribution in [0.4, 0.5) is 0 Å². The van der Waals surface area contributed by atoms with E-state index in [0.717, 1.165) is 16.7 Å². The number of hydrogen-bond donors (Lipinski definition) is 2. The molecule has 3 heteroatoms. The highest BCUT2D eigenvalue weighted by molar-refractivity contribution is 5.77. The molecule has 108 valence electrons. The largest absolute Gasteiger partial charge is 0.481 e. The van der Waals surface area contributed by atoms with E-state index in [1.807, 2.05) is 54.6 Å². The van der Waals surface area contributed by atoms with Crippen LogP contribution in [-0.2, 0) is 17.6 Å². The van der Waals surface area contributed by atoms with Gasteiger partial charge >= 0.3 is 5.97 Å². The Morgan fingerprint density at radius 2 is 1.52 bits per heavy atom. The molecule has 0 amide bonds. The van der Waals surface area contributed by atoms with Crippen LogP contribution >= 0.6 is 0 Å². The predicted molar refractivity (Wildman–Crippen MR) is 79.9 cm³/mol. The molecule has 0 fully saturated rings.